The van der Waals surface area contributed by atoms with Gasteiger partial charge in [0.05, 0.1) is 5.52 Å². The number of fused-ring (bicyclic) bond motifs is 1. The van der Waals surface area contributed by atoms with E-state index in [-0.39, 0.29) is 12.3 Å². The molecule has 4 rings (SSSR count). The molecule has 2 heterocycles. The maximum absolute atomic E-state index is 13.9. The van der Waals surface area contributed by atoms with Gasteiger partial charge in [-0.2, -0.15) is 13.2 Å². The highest BCUT2D eigenvalue weighted by molar-refractivity contribution is 9.10. The van der Waals surface area contributed by atoms with Crippen molar-refractivity contribution in [2.24, 2.45) is 0 Å². The standard InChI is InChI=1S/C26H24BrClF3N3O2S/c1-2-37-23(26(29,30)31)20-15-25(36,16-4-6-17(27)7-5-16)34(24(20)35)13-3-11-32-21-10-12-33-22-14-18(28)8-9-19(21)22/h4-10,12,14-15,23,36H,2-3,11,13H2,1H3,(H,32,33). The number of hydrogen-bond acceptors (Lipinski definition) is 5. The number of carbonyl (C=O) groups is 1. The minimum Gasteiger partial charge on any atom is -0.384 e. The second kappa shape index (κ2) is 11.2. The van der Waals surface area contributed by atoms with Crippen LogP contribution in [0.15, 0.2) is 70.8 Å². The van der Waals surface area contributed by atoms with Crippen LogP contribution < -0.4 is 5.32 Å². The number of benzene rings is 2. The van der Waals surface area contributed by atoms with Crippen molar-refractivity contribution in [1.82, 2.24) is 9.88 Å². The van der Waals surface area contributed by atoms with Crippen LogP contribution in [0.25, 0.3) is 10.9 Å². The van der Waals surface area contributed by atoms with Gasteiger partial charge in [-0.1, -0.05) is 46.6 Å². The third kappa shape index (κ3) is 5.92. The van der Waals surface area contributed by atoms with Gasteiger partial charge >= 0.3 is 6.18 Å². The second-order valence-corrected chi connectivity index (χ2v) is 11.2. The topological polar surface area (TPSA) is 65.5 Å². The maximum Gasteiger partial charge on any atom is 0.404 e. The highest BCUT2D eigenvalue weighted by atomic mass is 79.9. The number of halogens is 5. The fraction of sp³-hybridized carbons (Fsp3) is 0.308. The summed E-state index contributed by atoms with van der Waals surface area (Å²) in [6.45, 7) is 2.04. The van der Waals surface area contributed by atoms with Crippen LogP contribution in [0, 0.1) is 0 Å². The number of carbonyl (C=O) groups excluding carboxylic acids is 1. The lowest BCUT2D eigenvalue weighted by Crippen LogP contribution is -2.45. The van der Waals surface area contributed by atoms with Crippen molar-refractivity contribution in [3.05, 3.63) is 81.4 Å². The molecule has 3 aromatic rings. The third-order valence-electron chi connectivity index (χ3n) is 6.02. The number of thioether (sulfide) groups is 1. The zero-order chi connectivity index (χ0) is 26.8. The van der Waals surface area contributed by atoms with Crippen molar-refractivity contribution in [3.63, 3.8) is 0 Å². The van der Waals surface area contributed by atoms with E-state index in [0.717, 1.165) is 32.0 Å². The Morgan fingerprint density at radius 1 is 1.22 bits per heavy atom. The van der Waals surface area contributed by atoms with Crippen LogP contribution in [0.4, 0.5) is 18.9 Å². The average molecular weight is 615 g/mol. The van der Waals surface area contributed by atoms with Crippen molar-refractivity contribution in [2.75, 3.05) is 24.2 Å². The number of aliphatic hydroxyl groups is 1. The van der Waals surface area contributed by atoms with Gasteiger partial charge in [0, 0.05) is 51.0 Å². The van der Waals surface area contributed by atoms with E-state index in [0.29, 0.717) is 35.3 Å². The molecule has 2 atom stereocenters. The molecule has 1 aliphatic heterocycles. The number of nitrogens with zero attached hydrogens (tertiary/aromatic N) is 2. The van der Waals surface area contributed by atoms with E-state index in [4.69, 9.17) is 11.6 Å². The van der Waals surface area contributed by atoms with Crippen LogP contribution in [0.5, 0.6) is 0 Å². The molecule has 0 saturated carbocycles. The first-order valence-electron chi connectivity index (χ1n) is 11.5. The van der Waals surface area contributed by atoms with Gasteiger partial charge in [-0.3, -0.25) is 9.78 Å². The molecule has 0 saturated heterocycles. The van der Waals surface area contributed by atoms with Crippen molar-refractivity contribution >= 4 is 61.8 Å². The fourth-order valence-corrected chi connectivity index (χ4v) is 5.63. The Bertz CT molecular complexity index is 1320. The van der Waals surface area contributed by atoms with E-state index in [1.807, 2.05) is 12.1 Å². The number of alkyl halides is 3. The van der Waals surface area contributed by atoms with Crippen LogP contribution in [0.3, 0.4) is 0 Å². The molecule has 0 bridgehead atoms. The normalized spacial score (nSPS) is 18.8. The van der Waals surface area contributed by atoms with Gasteiger partial charge in [0.2, 0.25) is 0 Å². The number of aromatic nitrogens is 1. The number of pyridine rings is 1. The van der Waals surface area contributed by atoms with Crippen LogP contribution in [-0.4, -0.2) is 51.2 Å². The minimum atomic E-state index is -4.63. The summed E-state index contributed by atoms with van der Waals surface area (Å²) in [7, 11) is 0. The first-order chi connectivity index (χ1) is 17.5. The van der Waals surface area contributed by atoms with E-state index in [9.17, 15) is 23.1 Å². The number of amides is 1. The maximum atomic E-state index is 13.9. The summed E-state index contributed by atoms with van der Waals surface area (Å²) >= 11 is 10.0. The van der Waals surface area contributed by atoms with Crippen LogP contribution in [0.2, 0.25) is 5.02 Å². The molecule has 1 aromatic heterocycles. The molecule has 0 fully saturated rings. The molecule has 0 spiro atoms. The lowest BCUT2D eigenvalue weighted by Gasteiger charge is -2.34. The van der Waals surface area contributed by atoms with Crippen molar-refractivity contribution in [1.29, 1.82) is 0 Å². The zero-order valence-electron chi connectivity index (χ0n) is 19.7. The quantitative estimate of drug-likeness (QED) is 0.261. The van der Waals surface area contributed by atoms with Gasteiger partial charge < -0.3 is 15.3 Å². The SMILES string of the molecule is CCSC(C1=CC(O)(c2ccc(Br)cc2)N(CCCNc2ccnc3cc(Cl)ccc23)C1=O)C(F)(F)F. The number of hydrogen-bond donors (Lipinski definition) is 2. The molecule has 0 radical (unpaired) electrons. The number of rotatable bonds is 9. The first-order valence-corrected chi connectivity index (χ1v) is 13.8. The van der Waals surface area contributed by atoms with Crippen molar-refractivity contribution in [2.45, 2.75) is 30.5 Å². The highest BCUT2D eigenvalue weighted by Crippen LogP contribution is 2.44. The predicted octanol–water partition coefficient (Wildman–Crippen LogP) is 6.75. The van der Waals surface area contributed by atoms with E-state index in [1.54, 1.807) is 49.5 Å². The van der Waals surface area contributed by atoms with Gasteiger partial charge in [0.1, 0.15) is 5.25 Å². The van der Waals surface area contributed by atoms with E-state index >= 15 is 0 Å². The van der Waals surface area contributed by atoms with E-state index in [2.05, 4.69) is 26.2 Å². The molecule has 2 N–H and O–H groups in total. The molecule has 2 unspecified atom stereocenters. The molecule has 1 aliphatic rings. The highest BCUT2D eigenvalue weighted by Gasteiger charge is 2.53. The van der Waals surface area contributed by atoms with Gasteiger partial charge in [-0.25, -0.2) is 0 Å². The molecule has 196 valence electrons. The van der Waals surface area contributed by atoms with Gasteiger partial charge in [-0.05, 0) is 54.6 Å². The molecule has 37 heavy (non-hydrogen) atoms. The van der Waals surface area contributed by atoms with Crippen molar-refractivity contribution < 1.29 is 23.1 Å². The van der Waals surface area contributed by atoms with Crippen molar-refractivity contribution in [3.8, 4) is 0 Å². The Hall–Kier alpha value is -2.27. The van der Waals surface area contributed by atoms with Gasteiger partial charge in [0.25, 0.3) is 5.91 Å². The number of nitrogens with one attached hydrogen (secondary N) is 1. The molecule has 0 aliphatic carbocycles. The summed E-state index contributed by atoms with van der Waals surface area (Å²) in [6, 6.07) is 13.7. The summed E-state index contributed by atoms with van der Waals surface area (Å²) < 4.78 is 42.4. The summed E-state index contributed by atoms with van der Waals surface area (Å²) in [5.74, 6) is -0.654. The van der Waals surface area contributed by atoms with Crippen LogP contribution in [0.1, 0.15) is 18.9 Å². The summed E-state index contributed by atoms with van der Waals surface area (Å²) in [4.78, 5) is 18.8. The Morgan fingerprint density at radius 3 is 2.62 bits per heavy atom. The summed E-state index contributed by atoms with van der Waals surface area (Å²) in [5, 5.41) is 14.3. The third-order valence-corrected chi connectivity index (χ3v) is 7.97. The molecular formula is C26H24BrClF3N3O2S. The Labute approximate surface area is 230 Å². The monoisotopic (exact) mass is 613 g/mol. The average Bonchev–Trinajstić information content (AvgIpc) is 3.10. The largest absolute Gasteiger partial charge is 0.404 e. The molecular weight excluding hydrogens is 591 g/mol. The first kappa shape index (κ1) is 27.8. The second-order valence-electron chi connectivity index (χ2n) is 8.47. The number of anilines is 1. The van der Waals surface area contributed by atoms with Gasteiger partial charge in [-0.15, -0.1) is 11.8 Å². The lowest BCUT2D eigenvalue weighted by molar-refractivity contribution is -0.147. The minimum absolute atomic E-state index is 0.0363. The summed E-state index contributed by atoms with van der Waals surface area (Å²) in [6.07, 6.45) is -1.55. The smallest absolute Gasteiger partial charge is 0.384 e. The van der Waals surface area contributed by atoms with Crippen LogP contribution >= 0.6 is 39.3 Å². The zero-order valence-corrected chi connectivity index (χ0v) is 22.9. The molecule has 1 amide bonds. The molecule has 2 aromatic carbocycles. The Balaban J connectivity index is 1.56. The fourth-order valence-electron chi connectivity index (χ4n) is 4.32. The molecule has 5 nitrogen and oxygen atoms in total. The van der Waals surface area contributed by atoms with E-state index in [1.165, 1.54) is 0 Å². The lowest BCUT2D eigenvalue weighted by atomic mass is 10.0. The van der Waals surface area contributed by atoms with E-state index < -0.39 is 28.6 Å². The van der Waals surface area contributed by atoms with Crippen LogP contribution in [-0.2, 0) is 10.5 Å². The Kier molecular flexibility index (Phi) is 8.42. The van der Waals surface area contributed by atoms with Gasteiger partial charge in [0.15, 0.2) is 5.72 Å². The predicted molar refractivity (Wildman–Crippen MR) is 146 cm³/mol. The molecule has 11 heteroatoms. The Morgan fingerprint density at radius 2 is 1.95 bits per heavy atom. The summed E-state index contributed by atoms with van der Waals surface area (Å²) in [5.41, 5.74) is -0.600.